The van der Waals surface area contributed by atoms with Crippen LogP contribution in [0.2, 0.25) is 0 Å². The molecule has 0 heterocycles. The molecule has 0 aromatic rings. The van der Waals surface area contributed by atoms with E-state index in [9.17, 15) is 4.79 Å². The summed E-state index contributed by atoms with van der Waals surface area (Å²) in [4.78, 5) is 10.0. The second kappa shape index (κ2) is 12.3. The Morgan fingerprint density at radius 3 is 2.45 bits per heavy atom. The predicted octanol–water partition coefficient (Wildman–Crippen LogP) is 1.99. The molecule has 5 N–H and O–H groups in total. The van der Waals surface area contributed by atoms with Crippen LogP contribution >= 0.6 is 0 Å². The number of rotatable bonds is 5. The van der Waals surface area contributed by atoms with E-state index in [2.05, 4.69) is 6.92 Å². The third-order valence-electron chi connectivity index (χ3n) is 1.58. The maximum absolute atomic E-state index is 10.0. The van der Waals surface area contributed by atoms with E-state index < -0.39 is 0 Å². The van der Waals surface area contributed by atoms with Crippen LogP contribution in [0.3, 0.4) is 0 Å². The zero-order valence-electron chi connectivity index (χ0n) is 6.68. The van der Waals surface area contributed by atoms with Gasteiger partial charge in [-0.1, -0.05) is 20.8 Å². The van der Waals surface area contributed by atoms with Crippen molar-refractivity contribution in [1.29, 1.82) is 0 Å². The van der Waals surface area contributed by atoms with E-state index in [1.54, 1.807) is 0 Å². The van der Waals surface area contributed by atoms with Crippen LogP contribution in [0.4, 0.5) is 0 Å². The minimum absolute atomic E-state index is 0. The van der Waals surface area contributed by atoms with E-state index in [4.69, 9.17) is 5.73 Å². The van der Waals surface area contributed by atoms with Gasteiger partial charge in [-0.25, -0.2) is 0 Å². The SMILES string of the molecule is C.CCC(CC=O)CCN.N.[HH]. The molecule has 0 fully saturated rings. The molecule has 1 unspecified atom stereocenters. The molecule has 11 heavy (non-hydrogen) atoms. The van der Waals surface area contributed by atoms with E-state index in [0.717, 1.165) is 19.1 Å². The molecule has 0 rings (SSSR count). The smallest absolute Gasteiger partial charge is 0.120 e. The number of aldehydes is 1. The summed E-state index contributed by atoms with van der Waals surface area (Å²) in [5, 5.41) is 0. The molecule has 0 aromatic heterocycles. The van der Waals surface area contributed by atoms with Crippen molar-refractivity contribution in [2.24, 2.45) is 11.7 Å². The van der Waals surface area contributed by atoms with Crippen molar-refractivity contribution in [3.63, 3.8) is 0 Å². The standard InChI is InChI=1S/C7H15NO.CH4.H3N.H2/c1-2-7(3-5-8)4-6-9;;;/h6-7H,2-5,8H2,1H3;1H4;1H3;1H. The van der Waals surface area contributed by atoms with Crippen molar-refractivity contribution in [2.45, 2.75) is 33.6 Å². The second-order valence-electron chi connectivity index (χ2n) is 2.25. The molecule has 0 aromatic carbocycles. The lowest BCUT2D eigenvalue weighted by Gasteiger charge is -2.07. The van der Waals surface area contributed by atoms with E-state index >= 15 is 0 Å². The Bertz CT molecular complexity index is 81.5. The molecular formula is C8H24N2O. The van der Waals surface area contributed by atoms with Gasteiger partial charge in [0.25, 0.3) is 0 Å². The average Bonchev–Trinajstić information content (AvgIpc) is 1.88. The minimum atomic E-state index is 0. The normalized spacial score (nSPS) is 10.7. The number of nitrogens with two attached hydrogens (primary N) is 1. The molecule has 0 aliphatic rings. The third-order valence-corrected chi connectivity index (χ3v) is 1.58. The van der Waals surface area contributed by atoms with Crippen LogP contribution in [0.1, 0.15) is 35.0 Å². The molecule has 72 valence electrons. The summed E-state index contributed by atoms with van der Waals surface area (Å²) < 4.78 is 0. The topological polar surface area (TPSA) is 78.1 Å². The van der Waals surface area contributed by atoms with Gasteiger partial charge in [-0.3, -0.25) is 0 Å². The Labute approximate surface area is 71.4 Å². The number of hydrogen-bond acceptors (Lipinski definition) is 3. The van der Waals surface area contributed by atoms with Crippen LogP contribution in [-0.4, -0.2) is 12.8 Å². The molecule has 0 radical (unpaired) electrons. The molecule has 0 bridgehead atoms. The highest BCUT2D eigenvalue weighted by molar-refractivity contribution is 5.49. The summed E-state index contributed by atoms with van der Waals surface area (Å²) in [5.41, 5.74) is 5.32. The quantitative estimate of drug-likeness (QED) is 0.610. The zero-order chi connectivity index (χ0) is 7.11. The lowest BCUT2D eigenvalue weighted by Crippen LogP contribution is -2.08. The molecule has 0 saturated carbocycles. The highest BCUT2D eigenvalue weighted by Crippen LogP contribution is 2.09. The van der Waals surface area contributed by atoms with E-state index in [-0.39, 0.29) is 15.0 Å². The highest BCUT2D eigenvalue weighted by atomic mass is 16.1. The Morgan fingerprint density at radius 2 is 2.18 bits per heavy atom. The molecule has 3 nitrogen and oxygen atoms in total. The Kier molecular flexibility index (Phi) is 18.9. The largest absolute Gasteiger partial charge is 0.344 e. The van der Waals surface area contributed by atoms with Gasteiger partial charge in [0, 0.05) is 7.85 Å². The van der Waals surface area contributed by atoms with Crippen molar-refractivity contribution in [3.8, 4) is 0 Å². The lowest BCUT2D eigenvalue weighted by atomic mass is 10.00. The first-order valence-electron chi connectivity index (χ1n) is 3.48. The first-order chi connectivity index (χ1) is 4.35. The van der Waals surface area contributed by atoms with E-state index in [1.807, 2.05) is 0 Å². The van der Waals surface area contributed by atoms with Crippen molar-refractivity contribution in [1.82, 2.24) is 6.15 Å². The molecule has 0 amide bonds. The van der Waals surface area contributed by atoms with Gasteiger partial charge in [0.2, 0.25) is 0 Å². The summed E-state index contributed by atoms with van der Waals surface area (Å²) in [6.07, 6.45) is 3.70. The maximum atomic E-state index is 10.0. The molecule has 3 heteroatoms. The highest BCUT2D eigenvalue weighted by Gasteiger charge is 2.02. The van der Waals surface area contributed by atoms with Gasteiger partial charge in [-0.2, -0.15) is 0 Å². The first-order valence-corrected chi connectivity index (χ1v) is 3.48. The summed E-state index contributed by atoms with van der Waals surface area (Å²) in [7, 11) is 0. The van der Waals surface area contributed by atoms with Crippen LogP contribution in [-0.2, 0) is 4.79 Å². The summed E-state index contributed by atoms with van der Waals surface area (Å²) in [5.74, 6) is 0.521. The fourth-order valence-corrected chi connectivity index (χ4v) is 0.860. The van der Waals surface area contributed by atoms with Crippen molar-refractivity contribution in [3.05, 3.63) is 0 Å². The molecule has 0 aliphatic heterocycles. The third kappa shape index (κ3) is 9.59. The van der Waals surface area contributed by atoms with Crippen LogP contribution in [0, 0.1) is 5.92 Å². The second-order valence-corrected chi connectivity index (χ2v) is 2.25. The average molecular weight is 164 g/mol. The fraction of sp³-hybridized carbons (Fsp3) is 0.875. The van der Waals surface area contributed by atoms with Gasteiger partial charge in [-0.05, 0) is 18.9 Å². The zero-order valence-corrected chi connectivity index (χ0v) is 6.68. The molecule has 0 saturated heterocycles. The monoisotopic (exact) mass is 164 g/mol. The Morgan fingerprint density at radius 1 is 1.64 bits per heavy atom. The van der Waals surface area contributed by atoms with Crippen LogP contribution in [0.15, 0.2) is 0 Å². The van der Waals surface area contributed by atoms with E-state index in [1.165, 1.54) is 0 Å². The minimum Gasteiger partial charge on any atom is -0.344 e. The maximum Gasteiger partial charge on any atom is 0.120 e. The van der Waals surface area contributed by atoms with Gasteiger partial charge >= 0.3 is 0 Å². The number of carbonyl (C=O) groups is 1. The van der Waals surface area contributed by atoms with Gasteiger partial charge in [0.15, 0.2) is 0 Å². The van der Waals surface area contributed by atoms with Crippen LogP contribution in [0.5, 0.6) is 0 Å². The summed E-state index contributed by atoms with van der Waals surface area (Å²) in [6.45, 7) is 2.79. The van der Waals surface area contributed by atoms with Crippen LogP contribution < -0.4 is 11.9 Å². The Hall–Kier alpha value is -0.410. The van der Waals surface area contributed by atoms with Gasteiger partial charge < -0.3 is 16.7 Å². The van der Waals surface area contributed by atoms with Crippen LogP contribution in [0.25, 0.3) is 0 Å². The summed E-state index contributed by atoms with van der Waals surface area (Å²) >= 11 is 0. The van der Waals surface area contributed by atoms with Crippen molar-refractivity contribution < 1.29 is 6.22 Å². The number of carbonyl (C=O) groups excluding carboxylic acids is 1. The van der Waals surface area contributed by atoms with Gasteiger partial charge in [-0.15, -0.1) is 0 Å². The Balaban J connectivity index is -0.000000107. The van der Waals surface area contributed by atoms with Crippen molar-refractivity contribution in [2.75, 3.05) is 6.54 Å². The van der Waals surface area contributed by atoms with Gasteiger partial charge in [0.1, 0.15) is 6.29 Å². The fourth-order valence-electron chi connectivity index (χ4n) is 0.860. The lowest BCUT2D eigenvalue weighted by molar-refractivity contribution is -0.108. The van der Waals surface area contributed by atoms with Crippen molar-refractivity contribution >= 4 is 6.29 Å². The summed E-state index contributed by atoms with van der Waals surface area (Å²) in [6, 6.07) is 0. The van der Waals surface area contributed by atoms with E-state index in [0.29, 0.717) is 18.9 Å². The van der Waals surface area contributed by atoms with Gasteiger partial charge in [0.05, 0.1) is 0 Å². The molecule has 0 aliphatic carbocycles. The molecule has 1 atom stereocenters. The number of hydrogen-bond donors (Lipinski definition) is 2. The first kappa shape index (κ1) is 16.9. The molecule has 0 spiro atoms. The predicted molar refractivity (Wildman–Crippen MR) is 52.0 cm³/mol. The molecular weight excluding hydrogens is 140 g/mol.